The van der Waals surface area contributed by atoms with E-state index in [9.17, 15) is 9.59 Å². The van der Waals surface area contributed by atoms with Gasteiger partial charge in [-0.3, -0.25) is 14.9 Å². The van der Waals surface area contributed by atoms with Crippen molar-refractivity contribution < 1.29 is 9.59 Å². The fourth-order valence-electron chi connectivity index (χ4n) is 2.94. The van der Waals surface area contributed by atoms with Crippen molar-refractivity contribution in [1.29, 1.82) is 0 Å². The van der Waals surface area contributed by atoms with Crippen LogP contribution in [0.3, 0.4) is 0 Å². The molecule has 0 bridgehead atoms. The van der Waals surface area contributed by atoms with E-state index >= 15 is 0 Å². The number of hydrogen-bond acceptors (Lipinski definition) is 3. The van der Waals surface area contributed by atoms with Crippen LogP contribution < -0.4 is 5.32 Å². The van der Waals surface area contributed by atoms with Crippen molar-refractivity contribution in [2.75, 3.05) is 0 Å². The van der Waals surface area contributed by atoms with Crippen LogP contribution in [0.2, 0.25) is 0 Å². The van der Waals surface area contributed by atoms with Crippen molar-refractivity contribution in [2.24, 2.45) is 5.92 Å². The third-order valence-corrected chi connectivity index (χ3v) is 5.02. The van der Waals surface area contributed by atoms with Gasteiger partial charge in [0.2, 0.25) is 11.8 Å². The summed E-state index contributed by atoms with van der Waals surface area (Å²) < 4.78 is -0.767. The van der Waals surface area contributed by atoms with Gasteiger partial charge in [-0.2, -0.15) is 12.6 Å². The molecule has 0 aromatic carbocycles. The molecule has 2 unspecified atom stereocenters. The number of imide groups is 1. The summed E-state index contributed by atoms with van der Waals surface area (Å²) in [5.41, 5.74) is 0. The second-order valence-corrected chi connectivity index (χ2v) is 6.75. The van der Waals surface area contributed by atoms with Gasteiger partial charge in [-0.1, -0.05) is 65.2 Å². The molecule has 0 aromatic rings. The summed E-state index contributed by atoms with van der Waals surface area (Å²) >= 11 is 4.62. The minimum atomic E-state index is -0.767. The Bertz CT molecular complexity index is 332. The monoisotopic (exact) mass is 299 g/mol. The van der Waals surface area contributed by atoms with Crippen molar-refractivity contribution in [3.8, 4) is 0 Å². The second kappa shape index (κ2) is 8.71. The number of nitrogens with one attached hydrogen (secondary N) is 1. The van der Waals surface area contributed by atoms with Gasteiger partial charge < -0.3 is 0 Å². The predicted octanol–water partition coefficient (Wildman–Crippen LogP) is 3.87. The third-order valence-electron chi connectivity index (χ3n) is 4.28. The molecule has 1 rings (SSSR count). The number of rotatable bonds is 10. The normalized spacial score (nSPS) is 26.1. The zero-order valence-corrected chi connectivity index (χ0v) is 13.8. The lowest BCUT2D eigenvalue weighted by molar-refractivity contribution is -0.126. The molecule has 116 valence electrons. The molecule has 4 heteroatoms. The molecular weight excluding hydrogens is 270 g/mol. The number of hydrogen-bond donors (Lipinski definition) is 2. The molecule has 3 nitrogen and oxygen atoms in total. The Balaban J connectivity index is 2.53. The number of unbranched alkanes of at least 4 members (excludes halogenated alkanes) is 6. The summed E-state index contributed by atoms with van der Waals surface area (Å²) in [6, 6.07) is 0. The molecule has 2 amide bonds. The fraction of sp³-hybridized carbons (Fsp3) is 0.875. The van der Waals surface area contributed by atoms with Crippen LogP contribution in [0.4, 0.5) is 0 Å². The third kappa shape index (κ3) is 4.51. The van der Waals surface area contributed by atoms with Crippen LogP contribution >= 0.6 is 12.6 Å². The maximum absolute atomic E-state index is 12.1. The molecule has 2 atom stereocenters. The Morgan fingerprint density at radius 1 is 1.00 bits per heavy atom. The molecule has 1 aliphatic rings. The van der Waals surface area contributed by atoms with Gasteiger partial charge in [0.1, 0.15) is 4.75 Å². The van der Waals surface area contributed by atoms with E-state index in [4.69, 9.17) is 0 Å². The lowest BCUT2D eigenvalue weighted by Gasteiger charge is -2.26. The smallest absolute Gasteiger partial charge is 0.243 e. The largest absolute Gasteiger partial charge is 0.295 e. The SMILES string of the molecule is CCCCCCC1C(=O)NC(=O)C1(S)CCCCCC. The summed E-state index contributed by atoms with van der Waals surface area (Å²) in [4.78, 5) is 24.0. The van der Waals surface area contributed by atoms with Gasteiger partial charge in [0.25, 0.3) is 0 Å². The number of carbonyl (C=O) groups excluding carboxylic acids is 2. The predicted molar refractivity (Wildman–Crippen MR) is 85.9 cm³/mol. The van der Waals surface area contributed by atoms with Crippen molar-refractivity contribution >= 4 is 24.4 Å². The number of carbonyl (C=O) groups is 2. The first kappa shape index (κ1) is 17.5. The highest BCUT2D eigenvalue weighted by Gasteiger charge is 2.51. The van der Waals surface area contributed by atoms with Gasteiger partial charge in [-0.25, -0.2) is 0 Å². The Morgan fingerprint density at radius 3 is 2.20 bits per heavy atom. The highest BCUT2D eigenvalue weighted by Crippen LogP contribution is 2.38. The molecule has 1 fully saturated rings. The summed E-state index contributed by atoms with van der Waals surface area (Å²) in [5.74, 6) is -0.531. The molecule has 1 N–H and O–H groups in total. The van der Waals surface area contributed by atoms with Gasteiger partial charge in [0.05, 0.1) is 5.92 Å². The minimum Gasteiger partial charge on any atom is -0.295 e. The van der Waals surface area contributed by atoms with Crippen LogP contribution in [-0.4, -0.2) is 16.6 Å². The zero-order valence-electron chi connectivity index (χ0n) is 12.9. The average Bonchev–Trinajstić information content (AvgIpc) is 2.63. The van der Waals surface area contributed by atoms with Crippen LogP contribution in [0.5, 0.6) is 0 Å². The standard InChI is InChI=1S/C16H29NO2S/c1-3-5-7-9-11-13-14(18)17-15(19)16(13,20)12-10-8-6-4-2/h13,20H,3-12H2,1-2H3,(H,17,18,19). The minimum absolute atomic E-state index is 0.114. The lowest BCUT2D eigenvalue weighted by Crippen LogP contribution is -2.37. The van der Waals surface area contributed by atoms with Gasteiger partial charge in [-0.05, 0) is 12.8 Å². The Morgan fingerprint density at radius 2 is 1.60 bits per heavy atom. The van der Waals surface area contributed by atoms with Crippen molar-refractivity contribution in [3.05, 3.63) is 0 Å². The average molecular weight is 299 g/mol. The van der Waals surface area contributed by atoms with E-state index in [-0.39, 0.29) is 17.7 Å². The van der Waals surface area contributed by atoms with Crippen molar-refractivity contribution in [1.82, 2.24) is 5.32 Å². The first-order chi connectivity index (χ1) is 9.56. The Hall–Kier alpha value is -0.510. The highest BCUT2D eigenvalue weighted by atomic mass is 32.1. The molecular formula is C16H29NO2S. The van der Waals surface area contributed by atoms with Gasteiger partial charge >= 0.3 is 0 Å². The van der Waals surface area contributed by atoms with E-state index in [0.717, 1.165) is 32.1 Å². The highest BCUT2D eigenvalue weighted by molar-refractivity contribution is 7.82. The van der Waals surface area contributed by atoms with Crippen LogP contribution in [-0.2, 0) is 9.59 Å². The quantitative estimate of drug-likeness (QED) is 0.365. The van der Waals surface area contributed by atoms with E-state index in [0.29, 0.717) is 6.42 Å². The Kier molecular flexibility index (Phi) is 7.63. The van der Waals surface area contributed by atoms with Crippen LogP contribution in [0.1, 0.15) is 78.1 Å². The molecule has 0 saturated carbocycles. The molecule has 1 saturated heterocycles. The van der Waals surface area contributed by atoms with Gasteiger partial charge in [0.15, 0.2) is 0 Å². The summed E-state index contributed by atoms with van der Waals surface area (Å²) in [6.07, 6.45) is 10.5. The van der Waals surface area contributed by atoms with E-state index in [1.165, 1.54) is 25.7 Å². The van der Waals surface area contributed by atoms with Crippen molar-refractivity contribution in [3.63, 3.8) is 0 Å². The first-order valence-electron chi connectivity index (χ1n) is 8.14. The van der Waals surface area contributed by atoms with E-state index in [2.05, 4.69) is 31.8 Å². The Labute approximate surface area is 128 Å². The molecule has 1 aliphatic heterocycles. The lowest BCUT2D eigenvalue weighted by atomic mass is 9.85. The maximum Gasteiger partial charge on any atom is 0.243 e. The maximum atomic E-state index is 12.1. The fourth-order valence-corrected chi connectivity index (χ4v) is 3.40. The summed E-state index contributed by atoms with van der Waals surface area (Å²) in [5, 5.41) is 2.49. The van der Waals surface area contributed by atoms with E-state index in [1.807, 2.05) is 0 Å². The van der Waals surface area contributed by atoms with Gasteiger partial charge in [-0.15, -0.1) is 0 Å². The topological polar surface area (TPSA) is 46.2 Å². The first-order valence-corrected chi connectivity index (χ1v) is 8.58. The molecule has 0 spiro atoms. The van der Waals surface area contributed by atoms with E-state index in [1.54, 1.807) is 0 Å². The summed E-state index contributed by atoms with van der Waals surface area (Å²) in [7, 11) is 0. The molecule has 20 heavy (non-hydrogen) atoms. The molecule has 1 heterocycles. The number of thiol groups is 1. The van der Waals surface area contributed by atoms with Crippen molar-refractivity contribution in [2.45, 2.75) is 82.8 Å². The molecule has 0 radical (unpaired) electrons. The van der Waals surface area contributed by atoms with E-state index < -0.39 is 4.75 Å². The molecule has 0 aliphatic carbocycles. The summed E-state index contributed by atoms with van der Waals surface area (Å²) in [6.45, 7) is 4.33. The number of amides is 2. The van der Waals surface area contributed by atoms with Crippen LogP contribution in [0.15, 0.2) is 0 Å². The molecule has 0 aromatic heterocycles. The van der Waals surface area contributed by atoms with Crippen LogP contribution in [0, 0.1) is 5.92 Å². The second-order valence-electron chi connectivity index (χ2n) is 5.96. The zero-order chi connectivity index (χ0) is 15.0. The van der Waals surface area contributed by atoms with Crippen LogP contribution in [0.25, 0.3) is 0 Å². The van der Waals surface area contributed by atoms with Gasteiger partial charge in [0, 0.05) is 0 Å².